The number of phenols is 1. The van der Waals surface area contributed by atoms with E-state index in [9.17, 15) is 5.11 Å². The second-order valence-corrected chi connectivity index (χ2v) is 5.70. The van der Waals surface area contributed by atoms with Crippen LogP contribution in [-0.2, 0) is 12.8 Å². The molecule has 0 spiro atoms. The molecule has 0 saturated heterocycles. The lowest BCUT2D eigenvalue weighted by Gasteiger charge is -2.20. The van der Waals surface area contributed by atoms with Crippen LogP contribution in [0.5, 0.6) is 5.75 Å². The summed E-state index contributed by atoms with van der Waals surface area (Å²) in [5.41, 5.74) is 6.23. The molecule has 0 radical (unpaired) electrons. The Labute approximate surface area is 128 Å². The van der Waals surface area contributed by atoms with Crippen LogP contribution in [0.25, 0.3) is 11.1 Å². The van der Waals surface area contributed by atoms with Crippen LogP contribution in [0.1, 0.15) is 56.7 Å². The van der Waals surface area contributed by atoms with Gasteiger partial charge in [-0.3, -0.25) is 0 Å². The minimum Gasteiger partial charge on any atom is -0.507 e. The molecule has 2 rings (SSSR count). The molecule has 2 aromatic rings. The van der Waals surface area contributed by atoms with Gasteiger partial charge in [-0.25, -0.2) is 0 Å². The highest BCUT2D eigenvalue weighted by atomic mass is 16.3. The van der Waals surface area contributed by atoms with E-state index < -0.39 is 0 Å². The third-order valence-electron chi connectivity index (χ3n) is 4.49. The Balaban J connectivity index is 2.72. The highest BCUT2D eigenvalue weighted by molar-refractivity contribution is 5.77. The molecule has 1 N–H and O–H groups in total. The molecular weight excluding hydrogens is 256 g/mol. The monoisotopic (exact) mass is 282 g/mol. The van der Waals surface area contributed by atoms with Crippen LogP contribution in [0, 0.1) is 0 Å². The van der Waals surface area contributed by atoms with Crippen molar-refractivity contribution in [3.05, 3.63) is 53.1 Å². The minimum absolute atomic E-state index is 0.399. The SMILES string of the molecule is CCc1cccc(-c2c(O)cccc2C(C)CC)c1CC. The second-order valence-electron chi connectivity index (χ2n) is 5.70. The molecule has 1 atom stereocenters. The Morgan fingerprint density at radius 3 is 2.29 bits per heavy atom. The molecule has 0 aliphatic rings. The van der Waals surface area contributed by atoms with E-state index in [-0.39, 0.29) is 0 Å². The zero-order chi connectivity index (χ0) is 15.4. The maximum atomic E-state index is 10.5. The highest BCUT2D eigenvalue weighted by Crippen LogP contribution is 2.40. The fourth-order valence-electron chi connectivity index (χ4n) is 3.10. The molecule has 1 unspecified atom stereocenters. The number of hydrogen-bond acceptors (Lipinski definition) is 1. The summed E-state index contributed by atoms with van der Waals surface area (Å²) in [7, 11) is 0. The Kier molecular flexibility index (Phi) is 5.06. The summed E-state index contributed by atoms with van der Waals surface area (Å²) in [5.74, 6) is 0.845. The molecule has 21 heavy (non-hydrogen) atoms. The first-order valence-corrected chi connectivity index (χ1v) is 8.06. The van der Waals surface area contributed by atoms with E-state index in [4.69, 9.17) is 0 Å². The van der Waals surface area contributed by atoms with Crippen molar-refractivity contribution < 1.29 is 5.11 Å². The fraction of sp³-hybridized carbons (Fsp3) is 0.400. The van der Waals surface area contributed by atoms with E-state index in [0.29, 0.717) is 11.7 Å². The third-order valence-corrected chi connectivity index (χ3v) is 4.49. The first-order valence-electron chi connectivity index (χ1n) is 8.06. The van der Waals surface area contributed by atoms with E-state index in [1.54, 1.807) is 6.07 Å². The largest absolute Gasteiger partial charge is 0.507 e. The number of aromatic hydroxyl groups is 1. The quantitative estimate of drug-likeness (QED) is 0.746. The molecule has 0 bridgehead atoms. The summed E-state index contributed by atoms with van der Waals surface area (Å²) in [6.45, 7) is 8.81. The lowest BCUT2D eigenvalue weighted by molar-refractivity contribution is 0.476. The van der Waals surface area contributed by atoms with Crippen LogP contribution in [0.15, 0.2) is 36.4 Å². The zero-order valence-corrected chi connectivity index (χ0v) is 13.6. The van der Waals surface area contributed by atoms with Crippen molar-refractivity contribution in [1.82, 2.24) is 0 Å². The summed E-state index contributed by atoms with van der Waals surface area (Å²) in [6.07, 6.45) is 3.10. The molecule has 1 nitrogen and oxygen atoms in total. The molecular formula is C20H26O. The van der Waals surface area contributed by atoms with Gasteiger partial charge in [-0.15, -0.1) is 0 Å². The summed E-state index contributed by atoms with van der Waals surface area (Å²) in [6, 6.07) is 12.4. The van der Waals surface area contributed by atoms with Gasteiger partial charge in [-0.2, -0.15) is 0 Å². The van der Waals surface area contributed by atoms with Crippen LogP contribution in [0.2, 0.25) is 0 Å². The topological polar surface area (TPSA) is 20.2 Å². The summed E-state index contributed by atoms with van der Waals surface area (Å²) >= 11 is 0. The molecule has 112 valence electrons. The second kappa shape index (κ2) is 6.80. The fourth-order valence-corrected chi connectivity index (χ4v) is 3.10. The van der Waals surface area contributed by atoms with Crippen molar-refractivity contribution in [2.75, 3.05) is 0 Å². The average molecular weight is 282 g/mol. The van der Waals surface area contributed by atoms with Gasteiger partial charge >= 0.3 is 0 Å². The Hall–Kier alpha value is -1.76. The number of phenolic OH excluding ortho intramolecular Hbond substituents is 1. The molecule has 0 amide bonds. The van der Waals surface area contributed by atoms with Crippen molar-refractivity contribution in [3.63, 3.8) is 0 Å². The zero-order valence-electron chi connectivity index (χ0n) is 13.6. The Morgan fingerprint density at radius 1 is 0.952 bits per heavy atom. The maximum Gasteiger partial charge on any atom is 0.123 e. The molecule has 0 aliphatic heterocycles. The van der Waals surface area contributed by atoms with Gasteiger partial charge in [0.1, 0.15) is 5.75 Å². The molecule has 1 heteroatoms. The maximum absolute atomic E-state index is 10.5. The van der Waals surface area contributed by atoms with Gasteiger partial charge in [0.25, 0.3) is 0 Å². The highest BCUT2D eigenvalue weighted by Gasteiger charge is 2.17. The van der Waals surface area contributed by atoms with Crippen LogP contribution in [-0.4, -0.2) is 5.11 Å². The predicted molar refractivity (Wildman–Crippen MR) is 91.0 cm³/mol. The van der Waals surface area contributed by atoms with Gasteiger partial charge in [0.05, 0.1) is 0 Å². The van der Waals surface area contributed by atoms with E-state index in [1.165, 1.54) is 22.3 Å². The molecule has 0 saturated carbocycles. The first kappa shape index (κ1) is 15.6. The van der Waals surface area contributed by atoms with Gasteiger partial charge in [0.2, 0.25) is 0 Å². The van der Waals surface area contributed by atoms with Gasteiger partial charge in [-0.05, 0) is 53.5 Å². The Bertz CT molecular complexity index is 613. The summed E-state index contributed by atoms with van der Waals surface area (Å²) in [4.78, 5) is 0. The van der Waals surface area contributed by atoms with Crippen LogP contribution < -0.4 is 0 Å². The molecule has 0 fully saturated rings. The normalized spacial score (nSPS) is 12.4. The van der Waals surface area contributed by atoms with Crippen molar-refractivity contribution in [3.8, 4) is 16.9 Å². The summed E-state index contributed by atoms with van der Waals surface area (Å²) in [5, 5.41) is 10.5. The number of rotatable bonds is 5. The van der Waals surface area contributed by atoms with Gasteiger partial charge in [-0.1, -0.05) is 58.0 Å². The van der Waals surface area contributed by atoms with E-state index in [1.807, 2.05) is 6.07 Å². The molecule has 0 aliphatic carbocycles. The van der Waals surface area contributed by atoms with Crippen molar-refractivity contribution in [2.24, 2.45) is 0 Å². The van der Waals surface area contributed by atoms with Gasteiger partial charge < -0.3 is 5.11 Å². The van der Waals surface area contributed by atoms with Crippen LogP contribution >= 0.6 is 0 Å². The molecule has 0 aromatic heterocycles. The van der Waals surface area contributed by atoms with E-state index in [0.717, 1.165) is 24.8 Å². The number of benzene rings is 2. The average Bonchev–Trinajstić information content (AvgIpc) is 2.52. The predicted octanol–water partition coefficient (Wildman–Crippen LogP) is 5.70. The lowest BCUT2D eigenvalue weighted by Crippen LogP contribution is -2.00. The van der Waals surface area contributed by atoms with Crippen LogP contribution in [0.4, 0.5) is 0 Å². The molecule has 2 aromatic carbocycles. The van der Waals surface area contributed by atoms with Gasteiger partial charge in [0.15, 0.2) is 0 Å². The Morgan fingerprint density at radius 2 is 1.67 bits per heavy atom. The lowest BCUT2D eigenvalue weighted by atomic mass is 9.85. The molecule has 0 heterocycles. The van der Waals surface area contributed by atoms with Crippen LogP contribution in [0.3, 0.4) is 0 Å². The number of hydrogen-bond donors (Lipinski definition) is 1. The van der Waals surface area contributed by atoms with Gasteiger partial charge in [0, 0.05) is 5.56 Å². The van der Waals surface area contributed by atoms with E-state index in [2.05, 4.69) is 52.0 Å². The minimum atomic E-state index is 0.399. The smallest absolute Gasteiger partial charge is 0.123 e. The number of aryl methyl sites for hydroxylation is 1. The summed E-state index contributed by atoms with van der Waals surface area (Å²) < 4.78 is 0. The van der Waals surface area contributed by atoms with Crippen molar-refractivity contribution in [2.45, 2.75) is 52.9 Å². The standard InChI is InChI=1S/C20H26O/c1-5-14(4)17-11-9-13-19(21)20(17)18-12-8-10-15(6-2)16(18)7-3/h8-14,21H,5-7H2,1-4H3. The van der Waals surface area contributed by atoms with Crippen molar-refractivity contribution in [1.29, 1.82) is 0 Å². The first-order chi connectivity index (χ1) is 10.1. The van der Waals surface area contributed by atoms with Crippen molar-refractivity contribution >= 4 is 0 Å². The van der Waals surface area contributed by atoms with E-state index >= 15 is 0 Å². The third kappa shape index (κ3) is 2.97.